The lowest BCUT2D eigenvalue weighted by atomic mass is 10.2. The highest BCUT2D eigenvalue weighted by atomic mass is 32.2. The molecule has 0 spiro atoms. The minimum absolute atomic E-state index is 0.213. The topological polar surface area (TPSA) is 133 Å². The molecule has 152 valence electrons. The van der Waals surface area contributed by atoms with Crippen LogP contribution in [0.15, 0.2) is 55.8 Å². The number of rotatable bonds is 5. The Hall–Kier alpha value is -3.12. The van der Waals surface area contributed by atoms with Gasteiger partial charge in [0, 0.05) is 30.7 Å². The first-order valence-corrected chi connectivity index (χ1v) is 10.8. The third kappa shape index (κ3) is 4.17. The van der Waals surface area contributed by atoms with Crippen LogP contribution in [-0.4, -0.2) is 28.7 Å². The van der Waals surface area contributed by atoms with Gasteiger partial charge in [0.1, 0.15) is 0 Å². The van der Waals surface area contributed by atoms with Crippen LogP contribution < -0.4 is 15.8 Å². The molecule has 0 aliphatic carbocycles. The van der Waals surface area contributed by atoms with Gasteiger partial charge in [-0.15, -0.1) is 0 Å². The zero-order valence-electron chi connectivity index (χ0n) is 15.6. The molecule has 0 bridgehead atoms. The van der Waals surface area contributed by atoms with Crippen LogP contribution in [-0.2, 0) is 24.1 Å². The van der Waals surface area contributed by atoms with Crippen molar-refractivity contribution in [2.24, 2.45) is 14.1 Å². The smallest absolute Gasteiger partial charge is 0.305 e. The van der Waals surface area contributed by atoms with Crippen LogP contribution in [0, 0.1) is 10.1 Å². The fraction of sp³-hybridized carbons (Fsp3) is 0.176. The Morgan fingerprint density at radius 3 is 2.00 bits per heavy atom. The molecule has 2 aromatic carbocycles. The van der Waals surface area contributed by atoms with Crippen LogP contribution in [0.1, 0.15) is 0 Å². The molecule has 0 amide bonds. The first kappa shape index (κ1) is 20.6. The van der Waals surface area contributed by atoms with Gasteiger partial charge in [-0.05, 0) is 30.3 Å². The molecule has 1 heterocycles. The minimum atomic E-state index is -3.41. The predicted molar refractivity (Wildman–Crippen MR) is 110 cm³/mol. The van der Waals surface area contributed by atoms with Gasteiger partial charge in [0.25, 0.3) is 5.69 Å². The Labute approximate surface area is 169 Å². The highest BCUT2D eigenvalue weighted by molar-refractivity contribution is 7.99. The Morgan fingerprint density at radius 1 is 1.00 bits per heavy atom. The van der Waals surface area contributed by atoms with Gasteiger partial charge in [-0.25, -0.2) is 8.42 Å². The molecule has 3 aromatic rings. The largest absolute Gasteiger partial charge is 0.316 e. The molecule has 0 atom stereocenters. The van der Waals surface area contributed by atoms with Crippen molar-refractivity contribution in [3.63, 3.8) is 0 Å². The molecule has 1 N–H and O–H groups in total. The fourth-order valence-electron chi connectivity index (χ4n) is 2.75. The number of fused-ring (bicyclic) bond motifs is 1. The maximum atomic E-state index is 12.1. The monoisotopic (exact) mass is 436 g/mol. The Balaban J connectivity index is 2.11. The number of hydrogen-bond acceptors (Lipinski definition) is 7. The van der Waals surface area contributed by atoms with E-state index in [0.717, 1.165) is 27.2 Å². The van der Waals surface area contributed by atoms with Crippen molar-refractivity contribution in [3.05, 3.63) is 67.2 Å². The SMILES string of the molecule is Cn1c(=O)c(=O)n(C)c2cc([N+](=O)[O-])c(Sc3ccc(NS(C)(=O)=O)cc3)cc21. The number of nitro benzene ring substituents is 1. The van der Waals surface area contributed by atoms with E-state index >= 15 is 0 Å². The second-order valence-corrected chi connectivity index (χ2v) is 9.16. The molecule has 0 unspecified atom stereocenters. The number of nitrogens with one attached hydrogen (secondary N) is 1. The molecule has 29 heavy (non-hydrogen) atoms. The summed E-state index contributed by atoms with van der Waals surface area (Å²) in [7, 11) is -0.600. The van der Waals surface area contributed by atoms with Crippen LogP contribution in [0.3, 0.4) is 0 Å². The van der Waals surface area contributed by atoms with E-state index < -0.39 is 26.1 Å². The molecular formula is C17H16N4O6S2. The van der Waals surface area contributed by atoms with Crippen LogP contribution >= 0.6 is 11.8 Å². The van der Waals surface area contributed by atoms with Crippen LogP contribution in [0.2, 0.25) is 0 Å². The van der Waals surface area contributed by atoms with Gasteiger partial charge in [0.15, 0.2) is 0 Å². The van der Waals surface area contributed by atoms with Crippen molar-refractivity contribution in [1.29, 1.82) is 0 Å². The van der Waals surface area contributed by atoms with Gasteiger partial charge < -0.3 is 9.13 Å². The average molecular weight is 436 g/mol. The van der Waals surface area contributed by atoms with E-state index in [-0.39, 0.29) is 16.1 Å². The van der Waals surface area contributed by atoms with Gasteiger partial charge in [0.05, 0.1) is 27.1 Å². The van der Waals surface area contributed by atoms with E-state index in [4.69, 9.17) is 0 Å². The molecule has 0 saturated carbocycles. The van der Waals surface area contributed by atoms with Crippen molar-refractivity contribution in [1.82, 2.24) is 9.13 Å². The quantitative estimate of drug-likeness (QED) is 0.365. The van der Waals surface area contributed by atoms with E-state index in [9.17, 15) is 28.1 Å². The predicted octanol–water partition coefficient (Wildman–Crippen LogP) is 1.67. The van der Waals surface area contributed by atoms with Gasteiger partial charge in [-0.3, -0.25) is 24.4 Å². The Kier molecular flexibility index (Phi) is 5.24. The number of nitrogens with zero attached hydrogens (tertiary/aromatic N) is 3. The zero-order chi connectivity index (χ0) is 21.5. The second kappa shape index (κ2) is 7.37. The van der Waals surface area contributed by atoms with Crippen LogP contribution in [0.5, 0.6) is 0 Å². The first-order valence-electron chi connectivity index (χ1n) is 8.12. The number of anilines is 1. The third-order valence-corrected chi connectivity index (χ3v) is 5.81. The first-order chi connectivity index (χ1) is 13.5. The summed E-state index contributed by atoms with van der Waals surface area (Å²) in [4.78, 5) is 36.0. The van der Waals surface area contributed by atoms with Crippen molar-refractivity contribution in [2.45, 2.75) is 9.79 Å². The fourth-order valence-corrected chi connectivity index (χ4v) is 4.25. The normalized spacial score (nSPS) is 11.6. The number of nitro groups is 1. The zero-order valence-corrected chi connectivity index (χ0v) is 17.2. The standard InChI is InChI=1S/C17H16N4O6S2/c1-19-12-8-14(21(24)25)15(9-13(12)20(2)17(23)16(19)22)28-11-6-4-10(5-7-11)18-29(3,26)27/h4-9,18H,1-3H3. The Morgan fingerprint density at radius 2 is 1.52 bits per heavy atom. The summed E-state index contributed by atoms with van der Waals surface area (Å²) >= 11 is 1.09. The maximum absolute atomic E-state index is 12.1. The number of aryl methyl sites for hydroxylation is 2. The lowest BCUT2D eigenvalue weighted by Gasteiger charge is -2.11. The van der Waals surface area contributed by atoms with Crippen molar-refractivity contribution < 1.29 is 13.3 Å². The van der Waals surface area contributed by atoms with E-state index in [1.807, 2.05) is 0 Å². The highest BCUT2D eigenvalue weighted by Gasteiger charge is 2.20. The lowest BCUT2D eigenvalue weighted by Crippen LogP contribution is -2.39. The number of hydrogen-bond donors (Lipinski definition) is 1. The minimum Gasteiger partial charge on any atom is -0.305 e. The van der Waals surface area contributed by atoms with Crippen molar-refractivity contribution in [3.8, 4) is 0 Å². The average Bonchev–Trinajstić information content (AvgIpc) is 2.64. The summed E-state index contributed by atoms with van der Waals surface area (Å²) in [6.07, 6.45) is 1.03. The Bertz CT molecular complexity index is 1360. The molecule has 0 saturated heterocycles. The van der Waals surface area contributed by atoms with Crippen LogP contribution in [0.4, 0.5) is 11.4 Å². The summed E-state index contributed by atoms with van der Waals surface area (Å²) in [6, 6.07) is 9.06. The molecule has 12 heteroatoms. The molecule has 0 radical (unpaired) electrons. The summed E-state index contributed by atoms with van der Waals surface area (Å²) < 4.78 is 27.2. The summed E-state index contributed by atoms with van der Waals surface area (Å²) in [5.41, 5.74) is -0.720. The van der Waals surface area contributed by atoms with Gasteiger partial charge in [-0.1, -0.05) is 11.8 Å². The maximum Gasteiger partial charge on any atom is 0.316 e. The molecule has 10 nitrogen and oxygen atoms in total. The molecule has 3 rings (SSSR count). The van der Waals surface area contributed by atoms with E-state index in [0.29, 0.717) is 16.1 Å². The number of benzene rings is 2. The summed E-state index contributed by atoms with van der Waals surface area (Å²) in [5, 5.41) is 11.6. The summed E-state index contributed by atoms with van der Waals surface area (Å²) in [5.74, 6) is 0. The number of sulfonamides is 1. The third-order valence-electron chi connectivity index (χ3n) is 4.15. The number of aromatic nitrogens is 2. The second-order valence-electron chi connectivity index (χ2n) is 6.29. The van der Waals surface area contributed by atoms with Gasteiger partial charge >= 0.3 is 11.1 Å². The lowest BCUT2D eigenvalue weighted by molar-refractivity contribution is -0.387. The summed E-state index contributed by atoms with van der Waals surface area (Å²) in [6.45, 7) is 0. The van der Waals surface area contributed by atoms with Crippen molar-refractivity contribution >= 4 is 44.2 Å². The molecule has 1 aromatic heterocycles. The molecule has 0 fully saturated rings. The van der Waals surface area contributed by atoms with E-state index in [1.165, 1.54) is 38.4 Å². The van der Waals surface area contributed by atoms with Gasteiger partial charge in [-0.2, -0.15) is 0 Å². The molecular weight excluding hydrogens is 420 g/mol. The van der Waals surface area contributed by atoms with E-state index in [1.54, 1.807) is 12.1 Å². The van der Waals surface area contributed by atoms with Crippen molar-refractivity contribution in [2.75, 3.05) is 11.0 Å². The molecule has 0 aliphatic rings. The highest BCUT2D eigenvalue weighted by Crippen LogP contribution is 2.37. The van der Waals surface area contributed by atoms with Gasteiger partial charge in [0.2, 0.25) is 10.0 Å². The van der Waals surface area contributed by atoms with Crippen LogP contribution in [0.25, 0.3) is 11.0 Å². The van der Waals surface area contributed by atoms with E-state index in [2.05, 4.69) is 4.72 Å². The molecule has 0 aliphatic heterocycles.